The van der Waals surface area contributed by atoms with Crippen LogP contribution in [-0.2, 0) is 12.5 Å². The molecule has 20 heavy (non-hydrogen) atoms. The maximum atomic E-state index is 6.08. The van der Waals surface area contributed by atoms with Gasteiger partial charge in [0.25, 0.3) is 0 Å². The number of aromatic nitrogens is 2. The summed E-state index contributed by atoms with van der Waals surface area (Å²) in [5.74, 6) is 1.73. The Morgan fingerprint density at radius 3 is 2.55 bits per heavy atom. The molecule has 0 bridgehead atoms. The molecule has 2 rings (SSSR count). The number of likely N-dealkylation sites (N-methyl/N-ethyl adjacent to an activating group) is 1. The van der Waals surface area contributed by atoms with Crippen LogP contribution in [-0.4, -0.2) is 34.8 Å². The van der Waals surface area contributed by atoms with Gasteiger partial charge >= 0.3 is 0 Å². The first kappa shape index (κ1) is 15.5. The van der Waals surface area contributed by atoms with E-state index in [0.29, 0.717) is 6.54 Å². The molecule has 0 aliphatic heterocycles. The van der Waals surface area contributed by atoms with Gasteiger partial charge in [-0.15, -0.1) is 0 Å². The Morgan fingerprint density at radius 1 is 1.50 bits per heavy atom. The van der Waals surface area contributed by atoms with Crippen LogP contribution in [0.5, 0.6) is 0 Å². The lowest BCUT2D eigenvalue weighted by Gasteiger charge is -2.29. The van der Waals surface area contributed by atoms with Crippen LogP contribution in [0.4, 0.5) is 0 Å². The van der Waals surface area contributed by atoms with Crippen molar-refractivity contribution in [2.24, 2.45) is 24.6 Å². The van der Waals surface area contributed by atoms with Crippen LogP contribution in [0.25, 0.3) is 0 Å². The first-order valence-electron chi connectivity index (χ1n) is 7.68. The smallest absolute Gasteiger partial charge is 0.0726 e. The van der Waals surface area contributed by atoms with Crippen molar-refractivity contribution in [1.82, 2.24) is 14.7 Å². The first-order valence-corrected chi connectivity index (χ1v) is 7.68. The van der Waals surface area contributed by atoms with Gasteiger partial charge in [0.1, 0.15) is 0 Å². The Bertz CT molecular complexity index is 458. The average Bonchev–Trinajstić information content (AvgIpc) is 2.85. The average molecular weight is 278 g/mol. The highest BCUT2D eigenvalue weighted by molar-refractivity contribution is 5.28. The number of nitrogens with zero attached hydrogens (tertiary/aromatic N) is 3. The van der Waals surface area contributed by atoms with E-state index in [-0.39, 0.29) is 11.5 Å². The molecular weight excluding hydrogens is 248 g/mol. The predicted octanol–water partition coefficient (Wildman–Crippen LogP) is 2.31. The molecule has 3 unspecified atom stereocenters. The van der Waals surface area contributed by atoms with Crippen LogP contribution >= 0.6 is 0 Å². The molecule has 1 aliphatic carbocycles. The number of nitrogens with two attached hydrogens (primary N) is 1. The van der Waals surface area contributed by atoms with Crippen molar-refractivity contribution in [3.8, 4) is 0 Å². The Balaban J connectivity index is 2.22. The summed E-state index contributed by atoms with van der Waals surface area (Å²) in [4.78, 5) is 2.42. The van der Waals surface area contributed by atoms with E-state index in [1.165, 1.54) is 17.7 Å². The van der Waals surface area contributed by atoms with Crippen LogP contribution in [0.15, 0.2) is 6.20 Å². The lowest BCUT2D eigenvalue weighted by Crippen LogP contribution is -2.33. The molecular formula is C16H30N4. The number of rotatable bonds is 5. The zero-order chi connectivity index (χ0) is 15.1. The summed E-state index contributed by atoms with van der Waals surface area (Å²) in [5, 5.41) is 4.68. The second kappa shape index (κ2) is 5.49. The Labute approximate surface area is 123 Å². The van der Waals surface area contributed by atoms with Gasteiger partial charge < -0.3 is 5.73 Å². The number of aryl methyl sites for hydroxylation is 1. The molecule has 1 saturated carbocycles. The van der Waals surface area contributed by atoms with Crippen molar-refractivity contribution in [2.45, 2.75) is 45.6 Å². The predicted molar refractivity (Wildman–Crippen MR) is 83.6 cm³/mol. The molecule has 114 valence electrons. The van der Waals surface area contributed by atoms with E-state index < -0.39 is 0 Å². The molecule has 0 amide bonds. The minimum absolute atomic E-state index is 0.0533. The highest BCUT2D eigenvalue weighted by Crippen LogP contribution is 2.39. The fraction of sp³-hybridized carbons (Fsp3) is 0.812. The largest absolute Gasteiger partial charge is 0.329 e. The molecule has 2 N–H and O–H groups in total. The highest BCUT2D eigenvalue weighted by atomic mass is 15.3. The van der Waals surface area contributed by atoms with Crippen molar-refractivity contribution in [1.29, 1.82) is 0 Å². The SMILES string of the molecule is CC1CC1CN(C)C(CN)c1cn(C)nc1C(C)(C)C. The fourth-order valence-electron chi connectivity index (χ4n) is 3.03. The quantitative estimate of drug-likeness (QED) is 0.899. The summed E-state index contributed by atoms with van der Waals surface area (Å²) in [5.41, 5.74) is 8.59. The van der Waals surface area contributed by atoms with E-state index in [0.717, 1.165) is 18.4 Å². The van der Waals surface area contributed by atoms with Gasteiger partial charge in [-0.25, -0.2) is 0 Å². The molecule has 1 aromatic heterocycles. The van der Waals surface area contributed by atoms with Gasteiger partial charge in [0, 0.05) is 37.3 Å². The second-order valence-corrected chi connectivity index (χ2v) is 7.52. The van der Waals surface area contributed by atoms with Crippen molar-refractivity contribution >= 4 is 0 Å². The molecule has 4 nitrogen and oxygen atoms in total. The van der Waals surface area contributed by atoms with Crippen LogP contribution in [0.2, 0.25) is 0 Å². The number of hydrogen-bond acceptors (Lipinski definition) is 3. The third-order valence-electron chi connectivity index (χ3n) is 4.48. The van der Waals surface area contributed by atoms with Gasteiger partial charge in [-0.3, -0.25) is 9.58 Å². The normalized spacial score (nSPS) is 24.2. The highest BCUT2D eigenvalue weighted by Gasteiger charge is 2.35. The standard InChI is InChI=1S/C16H30N4/c1-11-7-12(11)9-19(5)14(8-17)13-10-20(6)18-15(13)16(2,3)4/h10-12,14H,7-9,17H2,1-6H3. The third kappa shape index (κ3) is 3.23. The minimum atomic E-state index is 0.0533. The topological polar surface area (TPSA) is 47.1 Å². The zero-order valence-electron chi connectivity index (χ0n) is 13.8. The zero-order valence-corrected chi connectivity index (χ0v) is 13.8. The van der Waals surface area contributed by atoms with Crippen LogP contribution in [0.3, 0.4) is 0 Å². The van der Waals surface area contributed by atoms with Crippen LogP contribution < -0.4 is 5.73 Å². The Hall–Kier alpha value is -0.870. The molecule has 3 atom stereocenters. The lowest BCUT2D eigenvalue weighted by molar-refractivity contribution is 0.234. The lowest BCUT2D eigenvalue weighted by atomic mass is 9.87. The number of hydrogen-bond donors (Lipinski definition) is 1. The van der Waals surface area contributed by atoms with E-state index in [4.69, 9.17) is 5.73 Å². The molecule has 1 aromatic rings. The van der Waals surface area contributed by atoms with Gasteiger partial charge in [0.15, 0.2) is 0 Å². The summed E-state index contributed by atoms with van der Waals surface area (Å²) in [6.45, 7) is 10.8. The van der Waals surface area contributed by atoms with Crippen LogP contribution in [0, 0.1) is 11.8 Å². The second-order valence-electron chi connectivity index (χ2n) is 7.52. The monoisotopic (exact) mass is 278 g/mol. The molecule has 0 spiro atoms. The summed E-state index contributed by atoms with van der Waals surface area (Å²) in [6, 6.07) is 0.269. The molecule has 1 aliphatic rings. The van der Waals surface area contributed by atoms with Gasteiger partial charge in [0.05, 0.1) is 11.7 Å². The fourth-order valence-corrected chi connectivity index (χ4v) is 3.03. The van der Waals surface area contributed by atoms with Crippen molar-refractivity contribution in [3.05, 3.63) is 17.5 Å². The summed E-state index contributed by atoms with van der Waals surface area (Å²) in [7, 11) is 4.19. The molecule has 0 saturated heterocycles. The van der Waals surface area contributed by atoms with E-state index in [9.17, 15) is 0 Å². The molecule has 0 aromatic carbocycles. The molecule has 4 heteroatoms. The summed E-state index contributed by atoms with van der Waals surface area (Å²) >= 11 is 0. The van der Waals surface area contributed by atoms with Gasteiger partial charge in [0.2, 0.25) is 0 Å². The maximum absolute atomic E-state index is 6.08. The van der Waals surface area contributed by atoms with Crippen LogP contribution in [0.1, 0.15) is 51.4 Å². The molecule has 1 fully saturated rings. The molecule has 1 heterocycles. The summed E-state index contributed by atoms with van der Waals surface area (Å²) in [6.07, 6.45) is 3.51. The summed E-state index contributed by atoms with van der Waals surface area (Å²) < 4.78 is 1.92. The Kier molecular flexibility index (Phi) is 4.26. The Morgan fingerprint density at radius 2 is 2.10 bits per heavy atom. The van der Waals surface area contributed by atoms with Crippen molar-refractivity contribution in [2.75, 3.05) is 20.1 Å². The maximum Gasteiger partial charge on any atom is 0.0726 e. The van der Waals surface area contributed by atoms with Gasteiger partial charge in [-0.2, -0.15) is 5.10 Å². The van der Waals surface area contributed by atoms with Crippen molar-refractivity contribution in [3.63, 3.8) is 0 Å². The van der Waals surface area contributed by atoms with Gasteiger partial charge in [-0.1, -0.05) is 27.7 Å². The van der Waals surface area contributed by atoms with E-state index in [1.54, 1.807) is 0 Å². The van der Waals surface area contributed by atoms with E-state index in [1.807, 2.05) is 11.7 Å². The third-order valence-corrected chi connectivity index (χ3v) is 4.48. The van der Waals surface area contributed by atoms with E-state index in [2.05, 4.69) is 50.9 Å². The first-order chi connectivity index (χ1) is 9.24. The molecule has 0 radical (unpaired) electrons. The van der Waals surface area contributed by atoms with E-state index >= 15 is 0 Å². The van der Waals surface area contributed by atoms with Gasteiger partial charge in [-0.05, 0) is 25.3 Å². The minimum Gasteiger partial charge on any atom is -0.329 e. The van der Waals surface area contributed by atoms with Crippen molar-refractivity contribution < 1.29 is 0 Å².